The summed E-state index contributed by atoms with van der Waals surface area (Å²) in [4.78, 5) is 27.0. The summed E-state index contributed by atoms with van der Waals surface area (Å²) in [6.07, 6.45) is -0.698. The molecule has 2 aromatic rings. The minimum absolute atomic E-state index is 0.241. The first-order chi connectivity index (χ1) is 11.8. The van der Waals surface area contributed by atoms with Crippen molar-refractivity contribution >= 4 is 17.6 Å². The van der Waals surface area contributed by atoms with Crippen LogP contribution in [0.2, 0.25) is 0 Å². The number of ether oxygens (including phenoxy) is 2. The number of rotatable bonds is 6. The van der Waals surface area contributed by atoms with Gasteiger partial charge >= 0.3 is 5.97 Å². The number of aliphatic hydroxyl groups excluding tert-OH is 1. The lowest BCUT2D eigenvalue weighted by atomic mass is 10.1. The summed E-state index contributed by atoms with van der Waals surface area (Å²) in [6, 6.07) is 6.80. The molecule has 0 bridgehead atoms. The molecule has 0 unspecified atom stereocenters. The first-order valence-corrected chi connectivity index (χ1v) is 7.81. The predicted octanol–water partition coefficient (Wildman–Crippen LogP) is 2.49. The van der Waals surface area contributed by atoms with Gasteiger partial charge in [-0.3, -0.25) is 4.79 Å². The van der Waals surface area contributed by atoms with Crippen molar-refractivity contribution in [1.29, 1.82) is 0 Å². The molecule has 0 saturated carbocycles. The Morgan fingerprint density at radius 2 is 1.88 bits per heavy atom. The molecule has 0 fully saturated rings. The Hall–Kier alpha value is -2.80. The molecular weight excluding hydrogens is 324 g/mol. The van der Waals surface area contributed by atoms with E-state index >= 15 is 0 Å². The Balaban J connectivity index is 1.95. The van der Waals surface area contributed by atoms with E-state index in [9.17, 15) is 14.7 Å². The number of esters is 1. The molecule has 1 heterocycles. The van der Waals surface area contributed by atoms with Gasteiger partial charge in [0.2, 0.25) is 0 Å². The minimum atomic E-state index is -0.698. The van der Waals surface area contributed by atoms with Gasteiger partial charge in [-0.05, 0) is 50.6 Å². The molecule has 134 valence electrons. The minimum Gasteiger partial charge on any atom is -0.497 e. The number of hydrogen-bond acceptors (Lipinski definition) is 5. The van der Waals surface area contributed by atoms with E-state index in [0.717, 1.165) is 0 Å². The second-order valence-electron chi connectivity index (χ2n) is 5.69. The molecule has 1 aromatic heterocycles. The number of nitrogens with one attached hydrogen (secondary N) is 2. The average Bonchev–Trinajstić information content (AvgIpc) is 2.88. The van der Waals surface area contributed by atoms with E-state index in [-0.39, 0.29) is 5.69 Å². The monoisotopic (exact) mass is 346 g/mol. The molecule has 1 aromatic carbocycles. The van der Waals surface area contributed by atoms with E-state index in [4.69, 9.17) is 9.47 Å². The van der Waals surface area contributed by atoms with E-state index in [2.05, 4.69) is 10.3 Å². The Bertz CT molecular complexity index is 763. The maximum atomic E-state index is 12.2. The van der Waals surface area contributed by atoms with Gasteiger partial charge in [-0.2, -0.15) is 0 Å². The largest absolute Gasteiger partial charge is 0.497 e. The molecule has 0 saturated heterocycles. The molecule has 0 aliphatic heterocycles. The molecule has 0 aliphatic carbocycles. The Morgan fingerprint density at radius 1 is 1.24 bits per heavy atom. The van der Waals surface area contributed by atoms with Gasteiger partial charge in [0.05, 0.1) is 13.2 Å². The Labute approximate surface area is 146 Å². The molecule has 0 radical (unpaired) electrons. The number of aromatic nitrogens is 1. The zero-order valence-electron chi connectivity index (χ0n) is 14.7. The highest BCUT2D eigenvalue weighted by Gasteiger charge is 2.21. The molecule has 7 heteroatoms. The molecule has 3 N–H and O–H groups in total. The summed E-state index contributed by atoms with van der Waals surface area (Å²) in [6.45, 7) is 4.70. The second kappa shape index (κ2) is 7.85. The second-order valence-corrected chi connectivity index (χ2v) is 5.69. The number of aryl methyl sites for hydroxylation is 1. The predicted molar refractivity (Wildman–Crippen MR) is 92.8 cm³/mol. The van der Waals surface area contributed by atoms with Crippen molar-refractivity contribution in [2.45, 2.75) is 26.9 Å². The summed E-state index contributed by atoms with van der Waals surface area (Å²) in [7, 11) is 1.56. The van der Waals surface area contributed by atoms with Gasteiger partial charge in [-0.25, -0.2) is 4.79 Å². The molecule has 7 nitrogen and oxygen atoms in total. The third-order valence-corrected chi connectivity index (χ3v) is 3.83. The average molecular weight is 346 g/mol. The van der Waals surface area contributed by atoms with Crippen molar-refractivity contribution in [2.24, 2.45) is 0 Å². The van der Waals surface area contributed by atoms with Gasteiger partial charge in [0.1, 0.15) is 11.4 Å². The van der Waals surface area contributed by atoms with E-state index in [1.54, 1.807) is 52.1 Å². The first-order valence-electron chi connectivity index (χ1n) is 7.81. The van der Waals surface area contributed by atoms with Gasteiger partial charge < -0.3 is 24.9 Å². The summed E-state index contributed by atoms with van der Waals surface area (Å²) in [5.74, 6) is -0.413. The van der Waals surface area contributed by atoms with Crippen LogP contribution >= 0.6 is 0 Å². The van der Waals surface area contributed by atoms with Gasteiger partial charge in [-0.15, -0.1) is 0 Å². The molecular formula is C18H22N2O5. The molecule has 0 aliphatic rings. The number of aromatic amines is 1. The zero-order chi connectivity index (χ0) is 18.6. The highest BCUT2D eigenvalue weighted by Crippen LogP contribution is 2.24. The number of benzene rings is 1. The van der Waals surface area contributed by atoms with Crippen LogP contribution in [-0.4, -0.2) is 35.7 Å². The number of H-pyrrole nitrogens is 1. The third-order valence-electron chi connectivity index (χ3n) is 3.83. The maximum Gasteiger partial charge on any atom is 0.355 e. The quantitative estimate of drug-likeness (QED) is 0.698. The molecule has 1 amide bonds. The van der Waals surface area contributed by atoms with Crippen LogP contribution in [0.1, 0.15) is 40.3 Å². The van der Waals surface area contributed by atoms with E-state index in [1.807, 2.05) is 0 Å². The fraction of sp³-hybridized carbons (Fsp3) is 0.333. The standard InChI is InChI=1S/C18H22N2O5/c1-10-16(12(3)21)11(2)19-17(10)18(23)25-9-15(22)20-13-5-7-14(24-4)8-6-13/h5-8,12,19,21H,9H2,1-4H3,(H,20,22)/t12-/m0/s1. The highest BCUT2D eigenvalue weighted by molar-refractivity contribution is 5.95. The van der Waals surface area contributed by atoms with E-state index in [0.29, 0.717) is 28.3 Å². The van der Waals surface area contributed by atoms with Crippen LogP contribution < -0.4 is 10.1 Å². The van der Waals surface area contributed by atoms with Crippen LogP contribution in [-0.2, 0) is 9.53 Å². The van der Waals surface area contributed by atoms with Crippen LogP contribution in [0.3, 0.4) is 0 Å². The van der Waals surface area contributed by atoms with Crippen molar-refractivity contribution in [3.05, 3.63) is 46.8 Å². The number of anilines is 1. The highest BCUT2D eigenvalue weighted by atomic mass is 16.5. The number of amides is 1. The van der Waals surface area contributed by atoms with Crippen molar-refractivity contribution in [2.75, 3.05) is 19.0 Å². The summed E-state index contributed by atoms with van der Waals surface area (Å²) in [5, 5.41) is 12.4. The summed E-state index contributed by atoms with van der Waals surface area (Å²) < 4.78 is 10.1. The third kappa shape index (κ3) is 4.39. The van der Waals surface area contributed by atoms with Crippen LogP contribution in [0, 0.1) is 13.8 Å². The molecule has 0 spiro atoms. The molecule has 2 rings (SSSR count). The van der Waals surface area contributed by atoms with Crippen LogP contribution in [0.15, 0.2) is 24.3 Å². The molecule has 25 heavy (non-hydrogen) atoms. The lowest BCUT2D eigenvalue weighted by Crippen LogP contribution is -2.21. The smallest absolute Gasteiger partial charge is 0.355 e. The van der Waals surface area contributed by atoms with E-state index in [1.165, 1.54) is 0 Å². The topological polar surface area (TPSA) is 101 Å². The number of aliphatic hydroxyl groups is 1. The Kier molecular flexibility index (Phi) is 5.82. The van der Waals surface area contributed by atoms with Gasteiger partial charge in [-0.1, -0.05) is 0 Å². The van der Waals surface area contributed by atoms with Crippen LogP contribution in [0.5, 0.6) is 5.75 Å². The zero-order valence-corrected chi connectivity index (χ0v) is 14.7. The van der Waals surface area contributed by atoms with Gasteiger partial charge in [0.25, 0.3) is 5.91 Å². The van der Waals surface area contributed by atoms with Crippen molar-refractivity contribution < 1.29 is 24.2 Å². The van der Waals surface area contributed by atoms with Gasteiger partial charge in [0.15, 0.2) is 6.61 Å². The fourth-order valence-electron chi connectivity index (χ4n) is 2.67. The van der Waals surface area contributed by atoms with Crippen molar-refractivity contribution in [3.8, 4) is 5.75 Å². The SMILES string of the molecule is COc1ccc(NC(=O)COC(=O)c2[nH]c(C)c([C@H](C)O)c2C)cc1. The van der Waals surface area contributed by atoms with Crippen molar-refractivity contribution in [1.82, 2.24) is 4.98 Å². The lowest BCUT2D eigenvalue weighted by molar-refractivity contribution is -0.119. The van der Waals surface area contributed by atoms with Crippen LogP contribution in [0.4, 0.5) is 5.69 Å². The van der Waals surface area contributed by atoms with Gasteiger partial charge in [0, 0.05) is 16.9 Å². The summed E-state index contributed by atoms with van der Waals surface area (Å²) in [5.41, 5.74) is 2.79. The van der Waals surface area contributed by atoms with Crippen LogP contribution in [0.25, 0.3) is 0 Å². The number of methoxy groups -OCH3 is 1. The van der Waals surface area contributed by atoms with E-state index < -0.39 is 24.6 Å². The Morgan fingerprint density at radius 3 is 2.40 bits per heavy atom. The lowest BCUT2D eigenvalue weighted by Gasteiger charge is -2.08. The van der Waals surface area contributed by atoms with Crippen molar-refractivity contribution in [3.63, 3.8) is 0 Å². The maximum absolute atomic E-state index is 12.2. The number of hydrogen-bond donors (Lipinski definition) is 3. The number of carbonyl (C=O) groups is 2. The summed E-state index contributed by atoms with van der Waals surface area (Å²) >= 11 is 0. The number of carbonyl (C=O) groups excluding carboxylic acids is 2. The first kappa shape index (κ1) is 18.5. The normalized spacial score (nSPS) is 11.7. The molecule has 1 atom stereocenters. The fourth-order valence-corrected chi connectivity index (χ4v) is 2.67.